The summed E-state index contributed by atoms with van der Waals surface area (Å²) in [7, 11) is 0. The molecule has 1 atom stereocenters. The van der Waals surface area contributed by atoms with Crippen molar-refractivity contribution in [3.63, 3.8) is 0 Å². The van der Waals surface area contributed by atoms with Gasteiger partial charge in [-0.3, -0.25) is 4.79 Å². The van der Waals surface area contributed by atoms with Crippen molar-refractivity contribution >= 4 is 5.91 Å². The monoisotopic (exact) mass is 317 g/mol. The van der Waals surface area contributed by atoms with Crippen molar-refractivity contribution in [1.29, 1.82) is 0 Å². The molecule has 2 aromatic rings. The smallest absolute Gasteiger partial charge is 0.223 e. The highest BCUT2D eigenvalue weighted by molar-refractivity contribution is 5.76. The molecule has 0 aliphatic carbocycles. The number of amides is 1. The minimum Gasteiger partial charge on any atom is -0.388 e. The fourth-order valence-corrected chi connectivity index (χ4v) is 2.11. The first-order chi connectivity index (χ1) is 11.1. The molecule has 0 aliphatic rings. The Hall–Kier alpha value is -2.24. The molecule has 0 aliphatic heterocycles. The number of carbonyl (C=O) groups excluding carboxylic acids is 1. The molecule has 1 unspecified atom stereocenters. The lowest BCUT2D eigenvalue weighted by molar-refractivity contribution is -0.123. The van der Waals surface area contributed by atoms with Crippen LogP contribution >= 0.6 is 0 Å². The lowest BCUT2D eigenvalue weighted by atomic mass is 10.1. The predicted molar refractivity (Wildman–Crippen MR) is 85.1 cm³/mol. The third kappa shape index (κ3) is 6.18. The molecule has 2 N–H and O–H groups in total. The van der Waals surface area contributed by atoms with Crippen LogP contribution in [0.5, 0.6) is 0 Å². The minimum absolute atomic E-state index is 0.109. The van der Waals surface area contributed by atoms with Crippen LogP contribution in [0.2, 0.25) is 0 Å². The summed E-state index contributed by atoms with van der Waals surface area (Å²) in [5, 5.41) is 12.6. The van der Waals surface area contributed by atoms with Crippen LogP contribution in [0.1, 0.15) is 23.7 Å². The molecule has 0 radical (unpaired) electrons. The van der Waals surface area contributed by atoms with E-state index >= 15 is 0 Å². The van der Waals surface area contributed by atoms with Gasteiger partial charge in [0.2, 0.25) is 5.91 Å². The van der Waals surface area contributed by atoms with Gasteiger partial charge in [0.05, 0.1) is 25.7 Å². The van der Waals surface area contributed by atoms with Gasteiger partial charge in [0.25, 0.3) is 0 Å². The maximum absolute atomic E-state index is 13.1. The van der Waals surface area contributed by atoms with Gasteiger partial charge in [-0.2, -0.15) is 0 Å². The second kappa shape index (κ2) is 9.02. The molecule has 23 heavy (non-hydrogen) atoms. The highest BCUT2D eigenvalue weighted by Gasteiger charge is 2.13. The number of aliphatic hydroxyl groups excluding tert-OH is 1. The standard InChI is InChI=1S/C18H20FNO3/c19-16-8-4-7-15(11-16)17(21)12-18(22)20-9-10-23-13-14-5-2-1-3-6-14/h1-8,11,17,21H,9-10,12-13H2,(H,20,22). The number of ether oxygens (including phenoxy) is 1. The third-order valence-corrected chi connectivity index (χ3v) is 3.29. The van der Waals surface area contributed by atoms with Crippen molar-refractivity contribution in [2.75, 3.05) is 13.2 Å². The zero-order valence-electron chi connectivity index (χ0n) is 12.7. The number of carbonyl (C=O) groups is 1. The maximum atomic E-state index is 13.1. The van der Waals surface area contributed by atoms with E-state index in [9.17, 15) is 14.3 Å². The molecule has 122 valence electrons. The fraction of sp³-hybridized carbons (Fsp3) is 0.278. The van der Waals surface area contributed by atoms with Crippen molar-refractivity contribution in [3.05, 3.63) is 71.5 Å². The molecule has 2 rings (SSSR count). The number of aliphatic hydroxyl groups is 1. The summed E-state index contributed by atoms with van der Waals surface area (Å²) in [5.41, 5.74) is 1.46. The summed E-state index contributed by atoms with van der Waals surface area (Å²) in [6.45, 7) is 1.24. The van der Waals surface area contributed by atoms with Crippen LogP contribution < -0.4 is 5.32 Å². The van der Waals surface area contributed by atoms with Crippen LogP contribution in [-0.4, -0.2) is 24.2 Å². The molecule has 0 heterocycles. The van der Waals surface area contributed by atoms with E-state index in [1.54, 1.807) is 6.07 Å². The zero-order chi connectivity index (χ0) is 16.5. The van der Waals surface area contributed by atoms with Crippen LogP contribution in [0.4, 0.5) is 4.39 Å². The van der Waals surface area contributed by atoms with Crippen LogP contribution in [0.15, 0.2) is 54.6 Å². The Labute approximate surface area is 134 Å². The lowest BCUT2D eigenvalue weighted by Gasteiger charge is -2.11. The van der Waals surface area contributed by atoms with Crippen molar-refractivity contribution in [2.45, 2.75) is 19.1 Å². The lowest BCUT2D eigenvalue weighted by Crippen LogP contribution is -2.28. The van der Waals surface area contributed by atoms with Gasteiger partial charge >= 0.3 is 0 Å². The molecule has 0 saturated carbocycles. The van der Waals surface area contributed by atoms with Crippen LogP contribution in [0.25, 0.3) is 0 Å². The van der Waals surface area contributed by atoms with Crippen molar-refractivity contribution in [3.8, 4) is 0 Å². The highest BCUT2D eigenvalue weighted by atomic mass is 19.1. The van der Waals surface area contributed by atoms with Crippen LogP contribution in [-0.2, 0) is 16.1 Å². The fourth-order valence-electron chi connectivity index (χ4n) is 2.11. The largest absolute Gasteiger partial charge is 0.388 e. The second-order valence-corrected chi connectivity index (χ2v) is 5.16. The Bertz CT molecular complexity index is 619. The molecule has 1 amide bonds. The number of halogens is 1. The number of hydrogen-bond donors (Lipinski definition) is 2. The number of rotatable bonds is 8. The molecule has 0 fully saturated rings. The molecule has 0 aromatic heterocycles. The molecule has 0 spiro atoms. The molecule has 2 aromatic carbocycles. The first-order valence-corrected chi connectivity index (χ1v) is 7.47. The average Bonchev–Trinajstić information content (AvgIpc) is 2.55. The van der Waals surface area contributed by atoms with Crippen LogP contribution in [0.3, 0.4) is 0 Å². The second-order valence-electron chi connectivity index (χ2n) is 5.16. The Morgan fingerprint density at radius 2 is 1.96 bits per heavy atom. The molecule has 0 bridgehead atoms. The van der Waals surface area contributed by atoms with E-state index in [0.717, 1.165) is 5.56 Å². The van der Waals surface area contributed by atoms with Crippen molar-refractivity contribution < 1.29 is 19.0 Å². The van der Waals surface area contributed by atoms with E-state index in [-0.39, 0.29) is 12.3 Å². The summed E-state index contributed by atoms with van der Waals surface area (Å²) >= 11 is 0. The third-order valence-electron chi connectivity index (χ3n) is 3.29. The molecule has 4 nitrogen and oxygen atoms in total. The van der Waals surface area contributed by atoms with Gasteiger partial charge in [0, 0.05) is 6.54 Å². The van der Waals surface area contributed by atoms with Gasteiger partial charge in [-0.1, -0.05) is 42.5 Å². The summed E-state index contributed by atoms with van der Waals surface area (Å²) in [5.74, 6) is -0.735. The topological polar surface area (TPSA) is 58.6 Å². The van der Waals surface area contributed by atoms with E-state index in [0.29, 0.717) is 25.3 Å². The Kier molecular flexibility index (Phi) is 6.72. The summed E-state index contributed by atoms with van der Waals surface area (Å²) in [6.07, 6.45) is -1.13. The Morgan fingerprint density at radius 3 is 2.70 bits per heavy atom. The molecule has 0 saturated heterocycles. The normalized spacial score (nSPS) is 11.9. The first kappa shape index (κ1) is 17.1. The summed E-state index contributed by atoms with van der Waals surface area (Å²) < 4.78 is 18.5. The van der Waals surface area contributed by atoms with Gasteiger partial charge < -0.3 is 15.2 Å². The average molecular weight is 317 g/mol. The SMILES string of the molecule is O=C(CC(O)c1cccc(F)c1)NCCOCc1ccccc1. The number of benzene rings is 2. The van der Waals surface area contributed by atoms with E-state index in [1.807, 2.05) is 30.3 Å². The van der Waals surface area contributed by atoms with Crippen molar-refractivity contribution in [2.24, 2.45) is 0 Å². The number of nitrogens with one attached hydrogen (secondary N) is 1. The van der Waals surface area contributed by atoms with Gasteiger partial charge in [0.15, 0.2) is 0 Å². The Balaban J connectivity index is 1.63. The van der Waals surface area contributed by atoms with Gasteiger partial charge in [-0.05, 0) is 23.3 Å². The maximum Gasteiger partial charge on any atom is 0.223 e. The van der Waals surface area contributed by atoms with E-state index in [2.05, 4.69) is 5.32 Å². The number of hydrogen-bond acceptors (Lipinski definition) is 3. The van der Waals surface area contributed by atoms with E-state index < -0.39 is 11.9 Å². The van der Waals surface area contributed by atoms with Crippen molar-refractivity contribution in [1.82, 2.24) is 5.32 Å². The zero-order valence-corrected chi connectivity index (χ0v) is 12.7. The van der Waals surface area contributed by atoms with E-state index in [1.165, 1.54) is 18.2 Å². The molecular formula is C18H20FNO3. The molecular weight excluding hydrogens is 297 g/mol. The first-order valence-electron chi connectivity index (χ1n) is 7.47. The summed E-state index contributed by atoms with van der Waals surface area (Å²) in [6, 6.07) is 15.4. The minimum atomic E-state index is -1.02. The highest BCUT2D eigenvalue weighted by Crippen LogP contribution is 2.17. The molecule has 5 heteroatoms. The van der Waals surface area contributed by atoms with Gasteiger partial charge in [-0.15, -0.1) is 0 Å². The van der Waals surface area contributed by atoms with Gasteiger partial charge in [0.1, 0.15) is 5.82 Å². The van der Waals surface area contributed by atoms with E-state index in [4.69, 9.17) is 4.74 Å². The quantitative estimate of drug-likeness (QED) is 0.736. The predicted octanol–water partition coefficient (Wildman–Crippen LogP) is 2.58. The van der Waals surface area contributed by atoms with Crippen LogP contribution in [0, 0.1) is 5.82 Å². The van der Waals surface area contributed by atoms with Gasteiger partial charge in [-0.25, -0.2) is 4.39 Å². The Morgan fingerprint density at radius 1 is 1.17 bits per heavy atom. The summed E-state index contributed by atoms with van der Waals surface area (Å²) in [4.78, 5) is 11.7.